The summed E-state index contributed by atoms with van der Waals surface area (Å²) in [5, 5.41) is 8.81. The van der Waals surface area contributed by atoms with Crippen LogP contribution < -0.4 is 0 Å². The predicted molar refractivity (Wildman–Crippen MR) is 91.9 cm³/mol. The van der Waals surface area contributed by atoms with Gasteiger partial charge in [0.1, 0.15) is 11.3 Å². The third kappa shape index (κ3) is 4.28. The van der Waals surface area contributed by atoms with Gasteiger partial charge in [-0.05, 0) is 44.7 Å². The first-order chi connectivity index (χ1) is 11.8. The highest BCUT2D eigenvalue weighted by Gasteiger charge is 2.27. The van der Waals surface area contributed by atoms with Crippen molar-refractivity contribution in [2.24, 2.45) is 0 Å². The highest BCUT2D eigenvalue weighted by atomic mass is 35.5. The molecule has 3 heterocycles. The Morgan fingerprint density at radius 3 is 2.80 bits per heavy atom. The molecule has 1 aliphatic heterocycles. The molecule has 25 heavy (non-hydrogen) atoms. The van der Waals surface area contributed by atoms with Crippen LogP contribution in [0.25, 0.3) is 0 Å². The van der Waals surface area contributed by atoms with E-state index in [4.69, 9.17) is 16.3 Å². The lowest BCUT2D eigenvalue weighted by Gasteiger charge is -2.30. The van der Waals surface area contributed by atoms with Crippen molar-refractivity contribution in [2.75, 3.05) is 6.54 Å². The van der Waals surface area contributed by atoms with E-state index >= 15 is 0 Å². The van der Waals surface area contributed by atoms with E-state index < -0.39 is 5.60 Å². The van der Waals surface area contributed by atoms with E-state index in [1.165, 1.54) is 0 Å². The summed E-state index contributed by atoms with van der Waals surface area (Å²) in [6.45, 7) is 6.95. The quantitative estimate of drug-likeness (QED) is 0.676. The van der Waals surface area contributed by atoms with Crippen LogP contribution in [0.5, 0.6) is 0 Å². The van der Waals surface area contributed by atoms with E-state index in [2.05, 4.69) is 27.0 Å². The number of rotatable bonds is 0. The van der Waals surface area contributed by atoms with Crippen LogP contribution in [0.15, 0.2) is 18.3 Å². The SMILES string of the molecule is CC(C)(C)OC(=O)N1CCn2c(C#Cc3cc(Cl)ccn3)nnc2C1. The van der Waals surface area contributed by atoms with Crippen LogP contribution in [0.2, 0.25) is 5.02 Å². The molecule has 0 aliphatic carbocycles. The maximum Gasteiger partial charge on any atom is 0.410 e. The van der Waals surface area contributed by atoms with E-state index in [-0.39, 0.29) is 6.09 Å². The Kier molecular flexibility index (Phi) is 4.64. The van der Waals surface area contributed by atoms with E-state index in [9.17, 15) is 4.79 Å². The maximum atomic E-state index is 12.2. The number of pyridine rings is 1. The Morgan fingerprint density at radius 2 is 2.08 bits per heavy atom. The van der Waals surface area contributed by atoms with Crippen LogP contribution in [0.3, 0.4) is 0 Å². The average Bonchev–Trinajstić information content (AvgIpc) is 2.93. The van der Waals surface area contributed by atoms with Gasteiger partial charge in [-0.3, -0.25) is 4.90 Å². The molecule has 0 fully saturated rings. The number of aromatic nitrogens is 4. The van der Waals surface area contributed by atoms with Crippen molar-refractivity contribution in [1.82, 2.24) is 24.6 Å². The van der Waals surface area contributed by atoms with Gasteiger partial charge in [-0.25, -0.2) is 9.78 Å². The summed E-state index contributed by atoms with van der Waals surface area (Å²) >= 11 is 5.92. The van der Waals surface area contributed by atoms with Crippen LogP contribution in [0, 0.1) is 11.8 Å². The summed E-state index contributed by atoms with van der Waals surface area (Å²) in [6, 6.07) is 3.38. The second-order valence-electron chi connectivity index (χ2n) is 6.60. The summed E-state index contributed by atoms with van der Waals surface area (Å²) in [4.78, 5) is 17.9. The second-order valence-corrected chi connectivity index (χ2v) is 7.04. The standard InChI is InChI=1S/C17H18ClN5O2/c1-17(2,3)25-16(24)22-8-9-23-14(20-21-15(23)11-22)5-4-13-10-12(18)6-7-19-13/h6-7,10H,8-9,11H2,1-3H3. The fraction of sp³-hybridized carbons (Fsp3) is 0.412. The Balaban J connectivity index is 1.74. The number of nitrogens with zero attached hydrogens (tertiary/aromatic N) is 5. The minimum atomic E-state index is -0.525. The van der Waals surface area contributed by atoms with Crippen molar-refractivity contribution in [1.29, 1.82) is 0 Å². The van der Waals surface area contributed by atoms with Gasteiger partial charge in [0, 0.05) is 24.3 Å². The fourth-order valence-electron chi connectivity index (χ4n) is 2.33. The van der Waals surface area contributed by atoms with Crippen LogP contribution in [-0.4, -0.2) is 42.9 Å². The third-order valence-corrected chi connectivity index (χ3v) is 3.66. The molecule has 0 aromatic carbocycles. The number of carbonyl (C=O) groups is 1. The number of ether oxygens (including phenoxy) is 1. The molecule has 0 atom stereocenters. The maximum absolute atomic E-state index is 12.2. The van der Waals surface area contributed by atoms with Gasteiger partial charge < -0.3 is 9.30 Å². The van der Waals surface area contributed by atoms with Gasteiger partial charge in [0.2, 0.25) is 5.82 Å². The number of amides is 1. The molecule has 8 heteroatoms. The molecule has 0 unspecified atom stereocenters. The molecule has 130 valence electrons. The Hall–Kier alpha value is -2.59. The van der Waals surface area contributed by atoms with Crippen molar-refractivity contribution >= 4 is 17.7 Å². The molecule has 0 saturated carbocycles. The van der Waals surface area contributed by atoms with Gasteiger partial charge in [-0.1, -0.05) is 11.6 Å². The van der Waals surface area contributed by atoms with Crippen LogP contribution in [-0.2, 0) is 17.8 Å². The van der Waals surface area contributed by atoms with Gasteiger partial charge in [-0.15, -0.1) is 10.2 Å². The molecule has 3 rings (SSSR count). The van der Waals surface area contributed by atoms with Gasteiger partial charge in [0.15, 0.2) is 5.82 Å². The molecular weight excluding hydrogens is 342 g/mol. The molecule has 0 saturated heterocycles. The minimum absolute atomic E-state index is 0.346. The Bertz CT molecular complexity index is 860. The summed E-state index contributed by atoms with van der Waals surface area (Å²) in [7, 11) is 0. The normalized spacial score (nSPS) is 13.7. The number of hydrogen-bond acceptors (Lipinski definition) is 5. The first kappa shape index (κ1) is 17.2. The van der Waals surface area contributed by atoms with Gasteiger partial charge in [0.05, 0.1) is 6.54 Å². The number of carbonyl (C=O) groups excluding carboxylic acids is 1. The zero-order valence-corrected chi connectivity index (χ0v) is 15.0. The van der Waals surface area contributed by atoms with E-state index in [1.54, 1.807) is 23.2 Å². The van der Waals surface area contributed by atoms with Crippen LogP contribution >= 0.6 is 11.6 Å². The second kappa shape index (κ2) is 6.73. The average molecular weight is 360 g/mol. The fourth-order valence-corrected chi connectivity index (χ4v) is 2.49. The third-order valence-electron chi connectivity index (χ3n) is 3.43. The molecule has 0 bridgehead atoms. The topological polar surface area (TPSA) is 73.1 Å². The van der Waals surface area contributed by atoms with E-state index in [0.29, 0.717) is 42.0 Å². The lowest BCUT2D eigenvalue weighted by Crippen LogP contribution is -2.41. The molecule has 0 radical (unpaired) electrons. The predicted octanol–water partition coefficient (Wildman–Crippen LogP) is 2.48. The van der Waals surface area contributed by atoms with E-state index in [1.807, 2.05) is 25.3 Å². The van der Waals surface area contributed by atoms with Gasteiger partial charge in [0.25, 0.3) is 0 Å². The lowest BCUT2D eigenvalue weighted by molar-refractivity contribution is 0.0195. The number of halogens is 1. The molecule has 1 aliphatic rings. The molecule has 7 nitrogen and oxygen atoms in total. The summed E-state index contributed by atoms with van der Waals surface area (Å²) in [5.41, 5.74) is 0.0408. The summed E-state index contributed by atoms with van der Waals surface area (Å²) in [5.74, 6) is 7.11. The number of hydrogen-bond donors (Lipinski definition) is 0. The van der Waals surface area contributed by atoms with Crippen LogP contribution in [0.4, 0.5) is 4.79 Å². The molecule has 2 aromatic heterocycles. The zero-order valence-electron chi connectivity index (χ0n) is 14.3. The first-order valence-corrected chi connectivity index (χ1v) is 8.23. The number of fused-ring (bicyclic) bond motifs is 1. The van der Waals surface area contributed by atoms with Crippen molar-refractivity contribution < 1.29 is 9.53 Å². The first-order valence-electron chi connectivity index (χ1n) is 7.85. The van der Waals surface area contributed by atoms with Crippen molar-refractivity contribution in [3.63, 3.8) is 0 Å². The van der Waals surface area contributed by atoms with Crippen molar-refractivity contribution in [2.45, 2.75) is 39.5 Å². The molecule has 0 spiro atoms. The molecule has 1 amide bonds. The van der Waals surface area contributed by atoms with Gasteiger partial charge in [-0.2, -0.15) is 0 Å². The highest BCUT2D eigenvalue weighted by molar-refractivity contribution is 6.30. The molecular formula is C17H18ClN5O2. The summed E-state index contributed by atoms with van der Waals surface area (Å²) < 4.78 is 7.30. The molecule has 2 aromatic rings. The van der Waals surface area contributed by atoms with E-state index in [0.717, 1.165) is 0 Å². The highest BCUT2D eigenvalue weighted by Crippen LogP contribution is 2.16. The smallest absolute Gasteiger partial charge is 0.410 e. The molecule has 0 N–H and O–H groups in total. The summed E-state index contributed by atoms with van der Waals surface area (Å²) in [6.07, 6.45) is 1.25. The Labute approximate surface area is 151 Å². The van der Waals surface area contributed by atoms with Crippen molar-refractivity contribution in [3.05, 3.63) is 40.7 Å². The minimum Gasteiger partial charge on any atom is -0.444 e. The largest absolute Gasteiger partial charge is 0.444 e. The lowest BCUT2D eigenvalue weighted by atomic mass is 10.2. The van der Waals surface area contributed by atoms with Crippen molar-refractivity contribution in [3.8, 4) is 11.8 Å². The zero-order chi connectivity index (χ0) is 18.0. The Morgan fingerprint density at radius 1 is 1.28 bits per heavy atom. The monoisotopic (exact) mass is 359 g/mol. The van der Waals surface area contributed by atoms with Crippen LogP contribution in [0.1, 0.15) is 38.1 Å². The van der Waals surface area contributed by atoms with Gasteiger partial charge >= 0.3 is 6.09 Å².